The Balaban J connectivity index is 1.92. The summed E-state index contributed by atoms with van der Waals surface area (Å²) in [6.45, 7) is 15.6. The summed E-state index contributed by atoms with van der Waals surface area (Å²) in [5, 5.41) is 3.81. The molecule has 2 heteroatoms. The molecule has 0 spiro atoms. The standard InChI is InChI=1S/C17H34N2/c1-12(2)9-18-16-8-15(13(3)4)10-19(11-16)17-7-6-14(17)5/h12-18H,6-11H2,1-5H3. The molecule has 4 atom stereocenters. The van der Waals surface area contributed by atoms with Crippen molar-refractivity contribution < 1.29 is 0 Å². The molecule has 2 nitrogen and oxygen atoms in total. The summed E-state index contributed by atoms with van der Waals surface area (Å²) in [7, 11) is 0. The van der Waals surface area contributed by atoms with Crippen molar-refractivity contribution in [2.45, 2.75) is 66.0 Å². The third-order valence-electron chi connectivity index (χ3n) is 5.31. The number of piperidine rings is 1. The van der Waals surface area contributed by atoms with Crippen molar-refractivity contribution in [3.63, 3.8) is 0 Å². The predicted molar refractivity (Wildman–Crippen MR) is 83.3 cm³/mol. The van der Waals surface area contributed by atoms with Crippen LogP contribution in [0.15, 0.2) is 0 Å². The first-order valence-corrected chi connectivity index (χ1v) is 8.44. The summed E-state index contributed by atoms with van der Waals surface area (Å²) < 4.78 is 0. The van der Waals surface area contributed by atoms with Crippen LogP contribution in [0.4, 0.5) is 0 Å². The molecule has 0 radical (unpaired) electrons. The molecule has 0 aromatic carbocycles. The number of rotatable bonds is 5. The third kappa shape index (κ3) is 3.95. The smallest absolute Gasteiger partial charge is 0.0198 e. The number of hydrogen-bond acceptors (Lipinski definition) is 2. The van der Waals surface area contributed by atoms with E-state index < -0.39 is 0 Å². The summed E-state index contributed by atoms with van der Waals surface area (Å²) in [5.74, 6) is 3.39. The van der Waals surface area contributed by atoms with Gasteiger partial charge in [0.15, 0.2) is 0 Å². The van der Waals surface area contributed by atoms with Gasteiger partial charge >= 0.3 is 0 Å². The zero-order valence-corrected chi connectivity index (χ0v) is 13.7. The summed E-state index contributed by atoms with van der Waals surface area (Å²) >= 11 is 0. The lowest BCUT2D eigenvalue weighted by Gasteiger charge is -2.49. The molecular formula is C17H34N2. The van der Waals surface area contributed by atoms with Crippen LogP contribution in [0.1, 0.15) is 53.9 Å². The summed E-state index contributed by atoms with van der Waals surface area (Å²) in [6, 6.07) is 1.60. The average molecular weight is 266 g/mol. The quantitative estimate of drug-likeness (QED) is 0.820. The van der Waals surface area contributed by atoms with Gasteiger partial charge in [-0.2, -0.15) is 0 Å². The molecule has 0 aromatic rings. The van der Waals surface area contributed by atoms with Crippen LogP contribution in [0, 0.1) is 23.7 Å². The molecular weight excluding hydrogens is 232 g/mol. The minimum Gasteiger partial charge on any atom is -0.312 e. The van der Waals surface area contributed by atoms with Crippen LogP contribution in [0.5, 0.6) is 0 Å². The second kappa shape index (κ2) is 6.58. The highest BCUT2D eigenvalue weighted by Gasteiger charge is 2.37. The summed E-state index contributed by atoms with van der Waals surface area (Å²) in [5.41, 5.74) is 0. The molecule has 0 aromatic heterocycles. The molecule has 2 rings (SSSR count). The normalized spacial score (nSPS) is 36.8. The van der Waals surface area contributed by atoms with Gasteiger partial charge in [0.1, 0.15) is 0 Å². The van der Waals surface area contributed by atoms with E-state index >= 15 is 0 Å². The molecule has 1 saturated carbocycles. The predicted octanol–water partition coefficient (Wildman–Crippen LogP) is 3.38. The summed E-state index contributed by atoms with van der Waals surface area (Å²) in [4.78, 5) is 2.81. The van der Waals surface area contributed by atoms with Gasteiger partial charge in [-0.25, -0.2) is 0 Å². The Bertz CT molecular complexity index is 274. The van der Waals surface area contributed by atoms with Crippen LogP contribution in [0.25, 0.3) is 0 Å². The second-order valence-electron chi connectivity index (χ2n) is 7.81. The SMILES string of the molecule is CC(C)CNC1CC(C(C)C)CN(C2CCC2C)C1. The molecule has 112 valence electrons. The summed E-state index contributed by atoms with van der Waals surface area (Å²) in [6.07, 6.45) is 4.25. The van der Waals surface area contributed by atoms with E-state index in [2.05, 4.69) is 44.8 Å². The number of hydrogen-bond donors (Lipinski definition) is 1. The molecule has 19 heavy (non-hydrogen) atoms. The van der Waals surface area contributed by atoms with E-state index in [1.54, 1.807) is 0 Å². The van der Waals surface area contributed by atoms with E-state index in [0.29, 0.717) is 0 Å². The third-order valence-corrected chi connectivity index (χ3v) is 5.31. The van der Waals surface area contributed by atoms with Crippen molar-refractivity contribution in [1.29, 1.82) is 0 Å². The highest BCUT2D eigenvalue weighted by atomic mass is 15.2. The van der Waals surface area contributed by atoms with E-state index in [4.69, 9.17) is 0 Å². The minimum absolute atomic E-state index is 0.719. The largest absolute Gasteiger partial charge is 0.312 e. The van der Waals surface area contributed by atoms with E-state index in [-0.39, 0.29) is 0 Å². The van der Waals surface area contributed by atoms with Crippen molar-refractivity contribution in [2.75, 3.05) is 19.6 Å². The number of nitrogens with zero attached hydrogens (tertiary/aromatic N) is 1. The maximum absolute atomic E-state index is 3.81. The van der Waals surface area contributed by atoms with Gasteiger partial charge in [0, 0.05) is 25.2 Å². The highest BCUT2D eigenvalue weighted by molar-refractivity contribution is 4.93. The average Bonchev–Trinajstić information content (AvgIpc) is 2.34. The molecule has 0 bridgehead atoms. The molecule has 4 unspecified atom stereocenters. The van der Waals surface area contributed by atoms with Crippen molar-refractivity contribution in [1.82, 2.24) is 10.2 Å². The molecule has 0 amide bonds. The van der Waals surface area contributed by atoms with Gasteiger partial charge in [-0.05, 0) is 49.5 Å². The molecule has 2 fully saturated rings. The van der Waals surface area contributed by atoms with Crippen LogP contribution in [0.3, 0.4) is 0 Å². The highest BCUT2D eigenvalue weighted by Crippen LogP contribution is 2.35. The van der Waals surface area contributed by atoms with Gasteiger partial charge in [0.25, 0.3) is 0 Å². The van der Waals surface area contributed by atoms with Gasteiger partial charge in [-0.1, -0.05) is 34.6 Å². The topological polar surface area (TPSA) is 15.3 Å². The van der Waals surface area contributed by atoms with Crippen molar-refractivity contribution in [3.8, 4) is 0 Å². The Morgan fingerprint density at radius 2 is 1.84 bits per heavy atom. The Kier molecular flexibility index (Phi) is 5.30. The Morgan fingerprint density at radius 1 is 1.11 bits per heavy atom. The fourth-order valence-electron chi connectivity index (χ4n) is 3.67. The van der Waals surface area contributed by atoms with Crippen molar-refractivity contribution in [3.05, 3.63) is 0 Å². The molecule has 1 heterocycles. The number of likely N-dealkylation sites (tertiary alicyclic amines) is 1. The maximum atomic E-state index is 3.81. The molecule has 1 saturated heterocycles. The fraction of sp³-hybridized carbons (Fsp3) is 1.00. The first-order valence-electron chi connectivity index (χ1n) is 8.44. The zero-order valence-electron chi connectivity index (χ0n) is 13.7. The van der Waals surface area contributed by atoms with Crippen LogP contribution >= 0.6 is 0 Å². The van der Waals surface area contributed by atoms with E-state index in [0.717, 1.165) is 35.8 Å². The lowest BCUT2D eigenvalue weighted by Crippen LogP contribution is -2.57. The van der Waals surface area contributed by atoms with Gasteiger partial charge in [-0.3, -0.25) is 4.90 Å². The van der Waals surface area contributed by atoms with Gasteiger partial charge < -0.3 is 5.32 Å². The van der Waals surface area contributed by atoms with Gasteiger partial charge in [0.05, 0.1) is 0 Å². The zero-order chi connectivity index (χ0) is 14.0. The Morgan fingerprint density at radius 3 is 2.32 bits per heavy atom. The fourth-order valence-corrected chi connectivity index (χ4v) is 3.67. The molecule has 1 N–H and O–H groups in total. The van der Waals surface area contributed by atoms with E-state index in [1.807, 2.05) is 0 Å². The van der Waals surface area contributed by atoms with Crippen molar-refractivity contribution >= 4 is 0 Å². The number of nitrogens with one attached hydrogen (secondary N) is 1. The first-order chi connectivity index (χ1) is 8.97. The van der Waals surface area contributed by atoms with Crippen LogP contribution in [0.2, 0.25) is 0 Å². The monoisotopic (exact) mass is 266 g/mol. The van der Waals surface area contributed by atoms with Crippen LogP contribution in [-0.2, 0) is 0 Å². The van der Waals surface area contributed by atoms with E-state index in [1.165, 1.54) is 38.9 Å². The lowest BCUT2D eigenvalue weighted by molar-refractivity contribution is 0.0128. The molecule has 2 aliphatic rings. The van der Waals surface area contributed by atoms with Gasteiger partial charge in [0.2, 0.25) is 0 Å². The lowest BCUT2D eigenvalue weighted by atomic mass is 9.77. The van der Waals surface area contributed by atoms with E-state index in [9.17, 15) is 0 Å². The Labute approximate surface area is 120 Å². The Hall–Kier alpha value is -0.0800. The molecule has 1 aliphatic heterocycles. The van der Waals surface area contributed by atoms with Crippen LogP contribution < -0.4 is 5.32 Å². The first kappa shape index (κ1) is 15.3. The minimum atomic E-state index is 0.719. The second-order valence-corrected chi connectivity index (χ2v) is 7.81. The molecule has 1 aliphatic carbocycles. The maximum Gasteiger partial charge on any atom is 0.0198 e. The van der Waals surface area contributed by atoms with Crippen molar-refractivity contribution in [2.24, 2.45) is 23.7 Å². The van der Waals surface area contributed by atoms with Crippen LogP contribution in [-0.4, -0.2) is 36.6 Å². The van der Waals surface area contributed by atoms with Gasteiger partial charge in [-0.15, -0.1) is 0 Å².